The fraction of sp³-hybridized carbons (Fsp3) is 0.500. The third-order valence-corrected chi connectivity index (χ3v) is 3.41. The minimum Gasteiger partial charge on any atom is -0.399 e. The van der Waals surface area contributed by atoms with E-state index >= 15 is 0 Å². The molecule has 92 valence electrons. The van der Waals surface area contributed by atoms with E-state index in [-0.39, 0.29) is 11.8 Å². The second-order valence-electron chi connectivity index (χ2n) is 4.91. The number of nitrogen functional groups attached to an aromatic ring is 1. The minimum absolute atomic E-state index is 0.131. The molecule has 2 rings (SSSR count). The molecule has 1 aliphatic heterocycles. The van der Waals surface area contributed by atoms with Gasteiger partial charge in [0.25, 0.3) is 0 Å². The van der Waals surface area contributed by atoms with E-state index < -0.39 is 0 Å². The molecule has 0 aromatic heterocycles. The summed E-state index contributed by atoms with van der Waals surface area (Å²) in [7, 11) is 0. The highest BCUT2D eigenvalue weighted by atomic mass is 16.2. The lowest BCUT2D eigenvalue weighted by Gasteiger charge is -2.19. The molecule has 0 fully saturated rings. The van der Waals surface area contributed by atoms with Crippen molar-refractivity contribution in [1.29, 1.82) is 0 Å². The van der Waals surface area contributed by atoms with Crippen molar-refractivity contribution in [1.82, 2.24) is 4.90 Å². The molecule has 1 aromatic carbocycles. The summed E-state index contributed by atoms with van der Waals surface area (Å²) in [6.45, 7) is 5.59. The zero-order valence-corrected chi connectivity index (χ0v) is 10.6. The van der Waals surface area contributed by atoms with E-state index in [2.05, 4.69) is 6.92 Å². The molecule has 1 aromatic rings. The number of carbonyl (C=O) groups is 1. The van der Waals surface area contributed by atoms with Crippen molar-refractivity contribution in [3.05, 3.63) is 29.3 Å². The topological polar surface area (TPSA) is 46.3 Å². The predicted octanol–water partition coefficient (Wildman–Crippen LogP) is 2.55. The Morgan fingerprint density at radius 1 is 1.41 bits per heavy atom. The van der Waals surface area contributed by atoms with Gasteiger partial charge in [-0.3, -0.25) is 4.79 Å². The van der Waals surface area contributed by atoms with Crippen molar-refractivity contribution in [3.63, 3.8) is 0 Å². The molecule has 1 unspecified atom stereocenters. The highest BCUT2D eigenvalue weighted by molar-refractivity contribution is 5.79. The Labute approximate surface area is 103 Å². The molecule has 1 atom stereocenters. The Morgan fingerprint density at radius 3 is 2.82 bits per heavy atom. The zero-order valence-electron chi connectivity index (χ0n) is 10.6. The van der Waals surface area contributed by atoms with E-state index in [4.69, 9.17) is 5.73 Å². The maximum Gasteiger partial charge on any atom is 0.226 e. The predicted molar refractivity (Wildman–Crippen MR) is 69.2 cm³/mol. The summed E-state index contributed by atoms with van der Waals surface area (Å²) in [4.78, 5) is 14.1. The number of carbonyl (C=O) groups excluding carboxylic acids is 1. The van der Waals surface area contributed by atoms with Gasteiger partial charge in [0, 0.05) is 24.7 Å². The fourth-order valence-corrected chi connectivity index (χ4v) is 2.44. The number of amides is 1. The van der Waals surface area contributed by atoms with Crippen LogP contribution in [0.5, 0.6) is 0 Å². The first-order chi connectivity index (χ1) is 8.11. The molecule has 0 aliphatic carbocycles. The number of rotatable bonds is 3. The van der Waals surface area contributed by atoms with E-state index in [0.29, 0.717) is 6.54 Å². The number of anilines is 1. The maximum absolute atomic E-state index is 12.2. The lowest BCUT2D eigenvalue weighted by Crippen LogP contribution is -2.30. The first-order valence-electron chi connectivity index (χ1n) is 6.28. The van der Waals surface area contributed by atoms with E-state index in [1.807, 2.05) is 30.0 Å². The van der Waals surface area contributed by atoms with Gasteiger partial charge >= 0.3 is 0 Å². The highest BCUT2D eigenvalue weighted by Gasteiger charge is 2.26. The number of hydrogen-bond donors (Lipinski definition) is 1. The SMILES string of the molecule is CCCC(C)C(=O)N1Cc2ccc(N)cc2C1. The third kappa shape index (κ3) is 2.43. The van der Waals surface area contributed by atoms with Crippen LogP contribution >= 0.6 is 0 Å². The van der Waals surface area contributed by atoms with Crippen LogP contribution < -0.4 is 5.73 Å². The van der Waals surface area contributed by atoms with Gasteiger partial charge in [0.15, 0.2) is 0 Å². The normalized spacial score (nSPS) is 15.8. The Bertz CT molecular complexity index is 428. The molecule has 17 heavy (non-hydrogen) atoms. The van der Waals surface area contributed by atoms with Gasteiger partial charge in [-0.1, -0.05) is 26.3 Å². The summed E-state index contributed by atoms with van der Waals surface area (Å²) in [5, 5.41) is 0. The molecule has 0 saturated carbocycles. The first kappa shape index (κ1) is 12.0. The van der Waals surface area contributed by atoms with Gasteiger partial charge in [0.1, 0.15) is 0 Å². The van der Waals surface area contributed by atoms with Gasteiger partial charge in [-0.2, -0.15) is 0 Å². The molecule has 3 heteroatoms. The molecule has 1 aliphatic rings. The van der Waals surface area contributed by atoms with E-state index in [1.165, 1.54) is 11.1 Å². The number of benzene rings is 1. The van der Waals surface area contributed by atoms with Crippen molar-refractivity contribution in [3.8, 4) is 0 Å². The van der Waals surface area contributed by atoms with Crippen LogP contribution in [-0.2, 0) is 17.9 Å². The number of nitrogens with zero attached hydrogens (tertiary/aromatic N) is 1. The van der Waals surface area contributed by atoms with Crippen LogP contribution in [-0.4, -0.2) is 10.8 Å². The highest BCUT2D eigenvalue weighted by Crippen LogP contribution is 2.26. The summed E-state index contributed by atoms with van der Waals surface area (Å²) in [6, 6.07) is 5.91. The van der Waals surface area contributed by atoms with Crippen molar-refractivity contribution < 1.29 is 4.79 Å². The van der Waals surface area contributed by atoms with Crippen LogP contribution in [0, 0.1) is 5.92 Å². The third-order valence-electron chi connectivity index (χ3n) is 3.41. The summed E-state index contributed by atoms with van der Waals surface area (Å²) < 4.78 is 0. The van der Waals surface area contributed by atoms with Gasteiger partial charge in [0.05, 0.1) is 0 Å². The molecule has 0 radical (unpaired) electrons. The molecule has 1 amide bonds. The van der Waals surface area contributed by atoms with Crippen LogP contribution in [0.1, 0.15) is 37.8 Å². The van der Waals surface area contributed by atoms with E-state index in [1.54, 1.807) is 0 Å². The Hall–Kier alpha value is -1.51. The minimum atomic E-state index is 0.131. The largest absolute Gasteiger partial charge is 0.399 e. The number of nitrogens with two attached hydrogens (primary N) is 1. The zero-order chi connectivity index (χ0) is 12.4. The lowest BCUT2D eigenvalue weighted by molar-refractivity contribution is -0.135. The molecule has 2 N–H and O–H groups in total. The standard InChI is InChI=1S/C14H20N2O/c1-3-4-10(2)14(17)16-8-11-5-6-13(15)7-12(11)9-16/h5-7,10H,3-4,8-9,15H2,1-2H3. The van der Waals surface area contributed by atoms with E-state index in [0.717, 1.165) is 25.1 Å². The lowest BCUT2D eigenvalue weighted by atomic mass is 10.1. The van der Waals surface area contributed by atoms with Gasteiger partial charge in [-0.15, -0.1) is 0 Å². The van der Waals surface area contributed by atoms with Crippen molar-refractivity contribution in [2.45, 2.75) is 39.8 Å². The van der Waals surface area contributed by atoms with E-state index in [9.17, 15) is 4.79 Å². The Balaban J connectivity index is 2.07. The molecule has 3 nitrogen and oxygen atoms in total. The number of hydrogen-bond acceptors (Lipinski definition) is 2. The van der Waals surface area contributed by atoms with Crippen LogP contribution in [0.2, 0.25) is 0 Å². The van der Waals surface area contributed by atoms with Gasteiger partial charge in [0.2, 0.25) is 5.91 Å². The van der Waals surface area contributed by atoms with Gasteiger partial charge < -0.3 is 10.6 Å². The van der Waals surface area contributed by atoms with Gasteiger partial charge in [-0.05, 0) is 29.7 Å². The molecule has 1 heterocycles. The molecular formula is C14H20N2O. The summed E-state index contributed by atoms with van der Waals surface area (Å²) >= 11 is 0. The quantitative estimate of drug-likeness (QED) is 0.814. The van der Waals surface area contributed by atoms with Crippen molar-refractivity contribution >= 4 is 11.6 Å². The summed E-state index contributed by atoms with van der Waals surface area (Å²) in [5.41, 5.74) is 8.96. The Morgan fingerprint density at radius 2 is 2.12 bits per heavy atom. The van der Waals surface area contributed by atoms with Crippen molar-refractivity contribution in [2.24, 2.45) is 5.92 Å². The molecule has 0 spiro atoms. The second-order valence-corrected chi connectivity index (χ2v) is 4.91. The monoisotopic (exact) mass is 232 g/mol. The van der Waals surface area contributed by atoms with Crippen LogP contribution in [0.4, 0.5) is 5.69 Å². The van der Waals surface area contributed by atoms with Crippen molar-refractivity contribution in [2.75, 3.05) is 5.73 Å². The maximum atomic E-state index is 12.2. The summed E-state index contributed by atoms with van der Waals surface area (Å²) in [5.74, 6) is 0.397. The average Bonchev–Trinajstić information content (AvgIpc) is 2.71. The van der Waals surface area contributed by atoms with Crippen LogP contribution in [0.15, 0.2) is 18.2 Å². The van der Waals surface area contributed by atoms with Gasteiger partial charge in [-0.25, -0.2) is 0 Å². The first-order valence-corrected chi connectivity index (χ1v) is 6.28. The molecular weight excluding hydrogens is 212 g/mol. The van der Waals surface area contributed by atoms with Crippen LogP contribution in [0.3, 0.4) is 0 Å². The second kappa shape index (κ2) is 4.78. The average molecular weight is 232 g/mol. The molecule has 0 bridgehead atoms. The Kier molecular flexibility index (Phi) is 3.36. The summed E-state index contributed by atoms with van der Waals surface area (Å²) in [6.07, 6.45) is 2.02. The molecule has 0 saturated heterocycles. The smallest absolute Gasteiger partial charge is 0.226 e. The number of fused-ring (bicyclic) bond motifs is 1. The fourth-order valence-electron chi connectivity index (χ4n) is 2.44. The van der Waals surface area contributed by atoms with Crippen LogP contribution in [0.25, 0.3) is 0 Å².